The number of hydrogen-bond donors (Lipinski definition) is 0. The van der Waals surface area contributed by atoms with Crippen LogP contribution in [0.25, 0.3) is 0 Å². The van der Waals surface area contributed by atoms with Gasteiger partial charge in [0.25, 0.3) is 0 Å². The highest BCUT2D eigenvalue weighted by Crippen LogP contribution is 2.19. The molecule has 0 saturated heterocycles. The van der Waals surface area contributed by atoms with Gasteiger partial charge in [-0.05, 0) is 38.3 Å². The van der Waals surface area contributed by atoms with Crippen molar-refractivity contribution in [3.8, 4) is 0 Å². The average Bonchev–Trinajstić information content (AvgIpc) is 2.06. The molecule has 0 N–H and O–H groups in total. The van der Waals surface area contributed by atoms with E-state index in [1.807, 2.05) is 0 Å². The van der Waals surface area contributed by atoms with Gasteiger partial charge in [-0.1, -0.05) is 38.5 Å². The van der Waals surface area contributed by atoms with E-state index in [1.165, 1.54) is 12.8 Å². The second-order valence-corrected chi connectivity index (χ2v) is 13.9. The first-order valence-corrected chi connectivity index (χ1v) is 12.8. The normalized spacial score (nSPS) is 13.1. The van der Waals surface area contributed by atoms with Crippen LogP contribution < -0.4 is 0 Å². The van der Waals surface area contributed by atoms with E-state index in [2.05, 4.69) is 0 Å². The molecule has 0 nitrogen and oxygen atoms in total. The molecule has 0 aromatic rings. The zero-order valence-electron chi connectivity index (χ0n) is 11.4. The Morgan fingerprint density at radius 2 is 0.812 bits per heavy atom. The third kappa shape index (κ3) is 14.3. The van der Waals surface area contributed by atoms with Crippen LogP contribution in [0.5, 0.6) is 0 Å². The molecule has 0 spiro atoms. The minimum atomic E-state index is -2.30. The van der Waals surface area contributed by atoms with Crippen LogP contribution in [0.2, 0.25) is 38.3 Å². The van der Waals surface area contributed by atoms with Crippen molar-refractivity contribution in [2.24, 2.45) is 0 Å². The molecule has 16 heavy (non-hydrogen) atoms. The summed E-state index contributed by atoms with van der Waals surface area (Å²) in [5, 5.41) is 0. The smallest absolute Gasteiger partial charge is 0.240 e. The quantitative estimate of drug-likeness (QED) is 0.286. The van der Waals surface area contributed by atoms with Crippen LogP contribution in [-0.2, 0) is 0 Å². The summed E-state index contributed by atoms with van der Waals surface area (Å²) in [6.45, 7) is 7.11. The van der Waals surface area contributed by atoms with E-state index in [1.54, 1.807) is 26.2 Å². The van der Waals surface area contributed by atoms with Crippen molar-refractivity contribution in [2.45, 2.75) is 76.8 Å². The first-order chi connectivity index (χ1) is 7.21. The molecule has 0 aliphatic carbocycles. The van der Waals surface area contributed by atoms with Gasteiger partial charge >= 0.3 is 0 Å². The van der Waals surface area contributed by atoms with E-state index in [0.29, 0.717) is 0 Å². The number of rotatable bonds is 9. The molecule has 4 heteroatoms. The summed E-state index contributed by atoms with van der Waals surface area (Å²) in [6, 6.07) is 1.61. The molecule has 0 aromatic heterocycles. The van der Waals surface area contributed by atoms with Gasteiger partial charge in [-0.25, -0.2) is 0 Å². The molecule has 0 bridgehead atoms. The Morgan fingerprint density at radius 1 is 0.562 bits per heavy atom. The lowest BCUT2D eigenvalue weighted by atomic mass is 10.1. The van der Waals surface area contributed by atoms with Crippen molar-refractivity contribution in [2.75, 3.05) is 0 Å². The summed E-state index contributed by atoms with van der Waals surface area (Å²) in [5.74, 6) is 0. The summed E-state index contributed by atoms with van der Waals surface area (Å²) in [4.78, 5) is 0. The SMILES string of the molecule is C[Si](C)(F)CCCCCCCC[Si](C)(C)F. The summed E-state index contributed by atoms with van der Waals surface area (Å²) >= 11 is 0. The van der Waals surface area contributed by atoms with Gasteiger partial charge in [-0.15, -0.1) is 0 Å². The Bertz CT molecular complexity index is 151. The lowest BCUT2D eigenvalue weighted by molar-refractivity contribution is 0.608. The minimum absolute atomic E-state index is 0.803. The first-order valence-electron chi connectivity index (χ1n) is 6.59. The van der Waals surface area contributed by atoms with Crippen LogP contribution in [0.15, 0.2) is 0 Å². The fraction of sp³-hybridized carbons (Fsp3) is 1.00. The molecule has 0 unspecified atom stereocenters. The molecule has 0 aliphatic rings. The lowest BCUT2D eigenvalue weighted by Gasteiger charge is -2.11. The molecule has 0 radical (unpaired) electrons. The first kappa shape index (κ1) is 16.3. The zero-order chi connectivity index (χ0) is 12.7. The number of unbranched alkanes of at least 4 members (excludes halogenated alkanes) is 5. The van der Waals surface area contributed by atoms with Gasteiger partial charge in [0.05, 0.1) is 0 Å². The van der Waals surface area contributed by atoms with Crippen LogP contribution in [0, 0.1) is 0 Å². The van der Waals surface area contributed by atoms with Crippen molar-refractivity contribution >= 4 is 16.8 Å². The maximum absolute atomic E-state index is 13.3. The molecular weight excluding hydrogens is 238 g/mol. The molecule has 0 fully saturated rings. The van der Waals surface area contributed by atoms with E-state index in [9.17, 15) is 8.22 Å². The van der Waals surface area contributed by atoms with Gasteiger partial charge in [-0.3, -0.25) is 0 Å². The third-order valence-electron chi connectivity index (χ3n) is 2.79. The second-order valence-electron chi connectivity index (χ2n) is 6.06. The van der Waals surface area contributed by atoms with Crippen LogP contribution in [-0.4, -0.2) is 16.8 Å². The zero-order valence-corrected chi connectivity index (χ0v) is 13.4. The van der Waals surface area contributed by atoms with Gasteiger partial charge in [0.2, 0.25) is 16.8 Å². The molecule has 0 heterocycles. The summed E-state index contributed by atoms with van der Waals surface area (Å²) in [6.07, 6.45) is 6.77. The monoisotopic (exact) mass is 266 g/mol. The van der Waals surface area contributed by atoms with E-state index < -0.39 is 16.8 Å². The van der Waals surface area contributed by atoms with E-state index >= 15 is 0 Å². The summed E-state index contributed by atoms with van der Waals surface area (Å²) in [7, 11) is -4.60. The predicted octanol–water partition coefficient (Wildman–Crippen LogP) is 5.68. The highest BCUT2D eigenvalue weighted by atomic mass is 28.4. The molecule has 0 rings (SSSR count). The van der Waals surface area contributed by atoms with Crippen LogP contribution in [0.3, 0.4) is 0 Å². The van der Waals surface area contributed by atoms with E-state index in [0.717, 1.165) is 37.8 Å². The Hall–Kier alpha value is 0.294. The molecular formula is C12H28F2Si2. The fourth-order valence-electron chi connectivity index (χ4n) is 1.80. The molecule has 98 valence electrons. The maximum atomic E-state index is 13.3. The van der Waals surface area contributed by atoms with Crippen LogP contribution in [0.4, 0.5) is 8.22 Å². The van der Waals surface area contributed by atoms with Crippen LogP contribution in [0.1, 0.15) is 38.5 Å². The highest BCUT2D eigenvalue weighted by molar-refractivity contribution is 6.70. The minimum Gasteiger partial charge on any atom is -0.314 e. The van der Waals surface area contributed by atoms with E-state index in [-0.39, 0.29) is 0 Å². The largest absolute Gasteiger partial charge is 0.314 e. The van der Waals surface area contributed by atoms with Gasteiger partial charge < -0.3 is 8.22 Å². The number of hydrogen-bond acceptors (Lipinski definition) is 0. The van der Waals surface area contributed by atoms with Crippen molar-refractivity contribution < 1.29 is 8.22 Å². The standard InChI is InChI=1S/C12H28F2Si2/c1-15(2,13)11-9-7-5-6-8-10-12-16(3,4)14/h5-12H2,1-4H3. The maximum Gasteiger partial charge on any atom is 0.240 e. The average molecular weight is 267 g/mol. The van der Waals surface area contributed by atoms with Gasteiger partial charge in [0.15, 0.2) is 0 Å². The predicted molar refractivity (Wildman–Crippen MR) is 74.5 cm³/mol. The Labute approximate surface area is 102 Å². The Morgan fingerprint density at radius 3 is 1.06 bits per heavy atom. The van der Waals surface area contributed by atoms with Crippen molar-refractivity contribution in [3.63, 3.8) is 0 Å². The second kappa shape index (κ2) is 7.59. The summed E-state index contributed by atoms with van der Waals surface area (Å²) < 4.78 is 26.5. The number of halogens is 2. The Kier molecular flexibility index (Phi) is 7.73. The fourth-order valence-corrected chi connectivity index (χ4v) is 3.98. The molecule has 0 aliphatic heterocycles. The van der Waals surface area contributed by atoms with Crippen molar-refractivity contribution in [1.29, 1.82) is 0 Å². The van der Waals surface area contributed by atoms with Crippen LogP contribution >= 0.6 is 0 Å². The highest BCUT2D eigenvalue weighted by Gasteiger charge is 2.19. The molecule has 0 aromatic carbocycles. The lowest BCUT2D eigenvalue weighted by Crippen LogP contribution is -2.17. The van der Waals surface area contributed by atoms with Crippen molar-refractivity contribution in [3.05, 3.63) is 0 Å². The van der Waals surface area contributed by atoms with Gasteiger partial charge in [-0.2, -0.15) is 0 Å². The summed E-state index contributed by atoms with van der Waals surface area (Å²) in [5.41, 5.74) is 0. The van der Waals surface area contributed by atoms with Crippen molar-refractivity contribution in [1.82, 2.24) is 0 Å². The molecule has 0 saturated carbocycles. The van der Waals surface area contributed by atoms with Gasteiger partial charge in [0.1, 0.15) is 0 Å². The Balaban J connectivity index is 3.17. The third-order valence-corrected chi connectivity index (χ3v) is 5.88. The van der Waals surface area contributed by atoms with E-state index in [4.69, 9.17) is 0 Å². The molecule has 0 atom stereocenters. The topological polar surface area (TPSA) is 0 Å². The molecule has 0 amide bonds. The van der Waals surface area contributed by atoms with Gasteiger partial charge in [0, 0.05) is 0 Å².